The fraction of sp³-hybridized carbons (Fsp3) is 0.387. The molecule has 1 atom stereocenters. The maximum absolute atomic E-state index is 12.8. The van der Waals surface area contributed by atoms with Crippen molar-refractivity contribution in [1.29, 1.82) is 0 Å². The molecule has 0 radical (unpaired) electrons. The summed E-state index contributed by atoms with van der Waals surface area (Å²) in [7, 11) is 0. The number of amides is 1. The molecule has 3 aromatic carbocycles. The summed E-state index contributed by atoms with van der Waals surface area (Å²) < 4.78 is 35.5. The van der Waals surface area contributed by atoms with E-state index in [1.807, 2.05) is 0 Å². The molecule has 0 aromatic heterocycles. The molecule has 37 heavy (non-hydrogen) atoms. The van der Waals surface area contributed by atoms with Gasteiger partial charge in [0.2, 0.25) is 5.91 Å². The normalized spacial score (nSPS) is 15.7. The summed E-state index contributed by atoms with van der Waals surface area (Å²) in [4.78, 5) is 14.8. The number of phenolic OH excluding ortho intramolecular Hbond substituents is 1. The molecule has 6 heteroatoms. The molecular weight excluding hydrogens is 475 g/mol. The number of aromatic hydroxyl groups is 1. The van der Waals surface area contributed by atoms with Gasteiger partial charge in [-0.15, -0.1) is 0 Å². The van der Waals surface area contributed by atoms with Crippen LogP contribution in [0.4, 0.5) is 13.2 Å². The predicted molar refractivity (Wildman–Crippen MR) is 141 cm³/mol. The van der Waals surface area contributed by atoms with Crippen molar-refractivity contribution in [2.75, 3.05) is 13.1 Å². The molecule has 1 heterocycles. The first-order chi connectivity index (χ1) is 17.6. The van der Waals surface area contributed by atoms with E-state index in [4.69, 9.17) is 5.11 Å². The highest BCUT2D eigenvalue weighted by atomic mass is 19.4. The van der Waals surface area contributed by atoms with E-state index in [9.17, 15) is 18.0 Å². The van der Waals surface area contributed by atoms with Gasteiger partial charge in [0.15, 0.2) is 0 Å². The molecule has 4 rings (SSSR count). The minimum atomic E-state index is -4.33. The van der Waals surface area contributed by atoms with E-state index < -0.39 is 11.7 Å². The lowest BCUT2D eigenvalue weighted by atomic mass is 9.91. The van der Waals surface area contributed by atoms with Crippen molar-refractivity contribution >= 4 is 5.91 Å². The average Bonchev–Trinajstić information content (AvgIpc) is 2.86. The van der Waals surface area contributed by atoms with Crippen molar-refractivity contribution < 1.29 is 23.1 Å². The van der Waals surface area contributed by atoms with Crippen LogP contribution in [0.3, 0.4) is 0 Å². The number of benzene rings is 3. The van der Waals surface area contributed by atoms with Gasteiger partial charge in [-0.05, 0) is 78.5 Å². The monoisotopic (exact) mass is 511 g/mol. The summed E-state index contributed by atoms with van der Waals surface area (Å²) in [5.74, 6) is 1.36. The van der Waals surface area contributed by atoms with Crippen LogP contribution in [0.1, 0.15) is 48.9 Å². The molecule has 3 nitrogen and oxygen atoms in total. The maximum atomic E-state index is 12.8. The average molecular weight is 512 g/mol. The van der Waals surface area contributed by atoms with Gasteiger partial charge in [-0.25, -0.2) is 0 Å². The minimum absolute atomic E-state index is 0.169. The first-order valence-electron chi connectivity index (χ1n) is 12.9. The van der Waals surface area contributed by atoms with Crippen LogP contribution in [0.2, 0.25) is 0 Å². The number of nitrogens with zero attached hydrogens (tertiary/aromatic N) is 1. The third kappa shape index (κ3) is 9.60. The highest BCUT2D eigenvalue weighted by Crippen LogP contribution is 2.29. The molecule has 0 saturated carbocycles. The van der Waals surface area contributed by atoms with Gasteiger partial charge in [-0.3, -0.25) is 4.79 Å². The third-order valence-electron chi connectivity index (χ3n) is 6.46. The largest absolute Gasteiger partial charge is 0.508 e. The molecule has 1 saturated heterocycles. The Kier molecular flexibility index (Phi) is 10.2. The first kappa shape index (κ1) is 28.3. The molecule has 1 fully saturated rings. The zero-order chi connectivity index (χ0) is 26.8. The van der Waals surface area contributed by atoms with Gasteiger partial charge in [0.25, 0.3) is 0 Å². The van der Waals surface area contributed by atoms with Crippen LogP contribution < -0.4 is 0 Å². The number of halogens is 3. The van der Waals surface area contributed by atoms with Gasteiger partial charge in [0.1, 0.15) is 5.75 Å². The topological polar surface area (TPSA) is 40.5 Å². The summed E-state index contributed by atoms with van der Waals surface area (Å²) in [6.45, 7) is 6.29. The Bertz CT molecular complexity index is 1090. The number of carbonyl (C=O) groups excluding carboxylic acids is 1. The van der Waals surface area contributed by atoms with Gasteiger partial charge >= 0.3 is 6.18 Å². The summed E-state index contributed by atoms with van der Waals surface area (Å²) in [5.41, 5.74) is 3.12. The van der Waals surface area contributed by atoms with Crippen molar-refractivity contribution in [3.8, 4) is 5.75 Å². The number of piperidine rings is 1. The van der Waals surface area contributed by atoms with Crippen molar-refractivity contribution in [3.05, 3.63) is 101 Å². The van der Waals surface area contributed by atoms with E-state index in [2.05, 4.69) is 73.3 Å². The van der Waals surface area contributed by atoms with Gasteiger partial charge in [0.05, 0.1) is 12.0 Å². The molecule has 1 N–H and O–H groups in total. The molecular formula is C31H36F3NO2. The Balaban J connectivity index is 0.000000289. The Morgan fingerprint density at radius 3 is 2.14 bits per heavy atom. The van der Waals surface area contributed by atoms with Crippen molar-refractivity contribution in [1.82, 2.24) is 4.90 Å². The second-order valence-corrected chi connectivity index (χ2v) is 10.2. The Labute approximate surface area is 218 Å². The van der Waals surface area contributed by atoms with E-state index in [1.54, 1.807) is 0 Å². The van der Waals surface area contributed by atoms with Crippen LogP contribution in [0.15, 0.2) is 78.9 Å². The fourth-order valence-corrected chi connectivity index (χ4v) is 4.61. The van der Waals surface area contributed by atoms with Crippen LogP contribution in [-0.4, -0.2) is 29.0 Å². The van der Waals surface area contributed by atoms with Crippen molar-refractivity contribution in [2.24, 2.45) is 11.8 Å². The molecule has 1 aliphatic heterocycles. The number of phenols is 1. The zero-order valence-electron chi connectivity index (χ0n) is 21.5. The number of rotatable bonds is 6. The lowest BCUT2D eigenvalue weighted by Gasteiger charge is -2.33. The smallest absolute Gasteiger partial charge is 0.416 e. The molecule has 0 bridgehead atoms. The Morgan fingerprint density at radius 2 is 1.54 bits per heavy atom. The SMILES string of the molecule is CC(C)Cc1ccc(CC(=O)N2CCC[C@H](Cc3ccccc3)C2)cc1.Oc1ccc(C(F)(F)F)cc1. The van der Waals surface area contributed by atoms with Gasteiger partial charge in [-0.1, -0.05) is 68.4 Å². The van der Waals surface area contributed by atoms with Crippen LogP contribution in [0, 0.1) is 11.8 Å². The maximum Gasteiger partial charge on any atom is 0.416 e. The molecule has 3 aromatic rings. The molecule has 198 valence electrons. The van der Waals surface area contributed by atoms with Crippen LogP contribution >= 0.6 is 0 Å². The standard InChI is InChI=1S/C24H31NO.C7H5F3O/c1-19(2)15-21-10-12-22(13-11-21)17-24(26)25-14-6-9-23(18-25)16-20-7-4-3-5-8-20;8-7(9,10)5-1-3-6(11)4-2-5/h3-5,7-8,10-13,19,23H,6,9,14-18H2,1-2H3;1-4,11H/t23-;/m1./s1. The first-order valence-corrected chi connectivity index (χ1v) is 12.9. The van der Waals surface area contributed by atoms with Crippen molar-refractivity contribution in [2.45, 2.75) is 52.1 Å². The van der Waals surface area contributed by atoms with Gasteiger partial charge < -0.3 is 10.0 Å². The van der Waals surface area contributed by atoms with Gasteiger partial charge in [0, 0.05) is 13.1 Å². The van der Waals surface area contributed by atoms with Crippen LogP contribution in [-0.2, 0) is 30.2 Å². The molecule has 0 unspecified atom stereocenters. The molecule has 1 amide bonds. The summed E-state index contributed by atoms with van der Waals surface area (Å²) in [6, 6.07) is 22.9. The van der Waals surface area contributed by atoms with E-state index in [1.165, 1.54) is 17.5 Å². The molecule has 0 aliphatic carbocycles. The van der Waals surface area contributed by atoms with E-state index >= 15 is 0 Å². The Morgan fingerprint density at radius 1 is 0.919 bits per heavy atom. The quantitative estimate of drug-likeness (QED) is 0.377. The summed E-state index contributed by atoms with van der Waals surface area (Å²) in [5, 5.41) is 8.66. The summed E-state index contributed by atoms with van der Waals surface area (Å²) >= 11 is 0. The number of hydrogen-bond donors (Lipinski definition) is 1. The van der Waals surface area contributed by atoms with E-state index in [-0.39, 0.29) is 11.7 Å². The second kappa shape index (κ2) is 13.3. The lowest BCUT2D eigenvalue weighted by molar-refractivity contribution is -0.137. The molecule has 0 spiro atoms. The number of alkyl halides is 3. The van der Waals surface area contributed by atoms with Gasteiger partial charge in [-0.2, -0.15) is 13.2 Å². The third-order valence-corrected chi connectivity index (χ3v) is 6.46. The Hall–Kier alpha value is -3.28. The number of hydrogen-bond acceptors (Lipinski definition) is 2. The van der Waals surface area contributed by atoms with Crippen LogP contribution in [0.5, 0.6) is 5.75 Å². The second-order valence-electron chi connectivity index (χ2n) is 10.2. The zero-order valence-corrected chi connectivity index (χ0v) is 21.5. The number of carbonyl (C=O) groups is 1. The summed E-state index contributed by atoms with van der Waals surface area (Å²) in [6.07, 6.45) is 0.725. The highest BCUT2D eigenvalue weighted by Gasteiger charge is 2.29. The van der Waals surface area contributed by atoms with E-state index in [0.29, 0.717) is 18.3 Å². The minimum Gasteiger partial charge on any atom is -0.508 e. The number of likely N-dealkylation sites (tertiary alicyclic amines) is 1. The fourth-order valence-electron chi connectivity index (χ4n) is 4.61. The van der Waals surface area contributed by atoms with E-state index in [0.717, 1.165) is 62.2 Å². The lowest BCUT2D eigenvalue weighted by Crippen LogP contribution is -2.41. The predicted octanol–water partition coefficient (Wildman–Crippen LogP) is 7.32. The van der Waals surface area contributed by atoms with Crippen molar-refractivity contribution in [3.63, 3.8) is 0 Å². The highest BCUT2D eigenvalue weighted by molar-refractivity contribution is 5.78. The van der Waals surface area contributed by atoms with Crippen LogP contribution in [0.25, 0.3) is 0 Å². The molecule has 1 aliphatic rings.